The summed E-state index contributed by atoms with van der Waals surface area (Å²) in [4.78, 5) is 0. The van der Waals surface area contributed by atoms with E-state index in [9.17, 15) is 9.50 Å². The molecule has 0 saturated heterocycles. The molecule has 1 aromatic heterocycles. The van der Waals surface area contributed by atoms with Crippen LogP contribution in [0.25, 0.3) is 0 Å². The van der Waals surface area contributed by atoms with Gasteiger partial charge in [0.05, 0.1) is 0 Å². The first kappa shape index (κ1) is 12.6. The van der Waals surface area contributed by atoms with E-state index >= 15 is 0 Å². The number of rotatable bonds is 6. The second-order valence-corrected chi connectivity index (χ2v) is 4.12. The Bertz CT molecular complexity index is 465. The number of halogens is 1. The summed E-state index contributed by atoms with van der Waals surface area (Å²) >= 11 is 0. The van der Waals surface area contributed by atoms with Crippen molar-refractivity contribution in [2.75, 3.05) is 6.54 Å². The van der Waals surface area contributed by atoms with Gasteiger partial charge in [-0.05, 0) is 36.7 Å². The van der Waals surface area contributed by atoms with Crippen LogP contribution in [-0.2, 0) is 13.1 Å². The molecule has 2 aromatic rings. The van der Waals surface area contributed by atoms with Crippen LogP contribution in [0.4, 0.5) is 4.39 Å². The molecule has 0 spiro atoms. The van der Waals surface area contributed by atoms with Gasteiger partial charge in [-0.3, -0.25) is 4.68 Å². The predicted octanol–water partition coefficient (Wildman–Crippen LogP) is 1.91. The minimum Gasteiger partial charge on any atom is -0.508 e. The Hall–Kier alpha value is -1.88. The molecule has 0 bridgehead atoms. The maximum atomic E-state index is 13.0. The van der Waals surface area contributed by atoms with Gasteiger partial charge in [0.15, 0.2) is 0 Å². The first-order valence-corrected chi connectivity index (χ1v) is 5.90. The summed E-state index contributed by atoms with van der Waals surface area (Å²) in [6.07, 6.45) is 4.62. The largest absolute Gasteiger partial charge is 0.508 e. The Kier molecular flexibility index (Phi) is 4.30. The number of aromatic nitrogens is 2. The lowest BCUT2D eigenvalue weighted by Crippen LogP contribution is -2.16. The number of aromatic hydroxyl groups is 1. The normalized spacial score (nSPS) is 10.7. The molecule has 0 saturated carbocycles. The van der Waals surface area contributed by atoms with Crippen LogP contribution in [-0.4, -0.2) is 21.4 Å². The lowest BCUT2D eigenvalue weighted by atomic mass is 10.2. The highest BCUT2D eigenvalue weighted by Gasteiger charge is 1.99. The molecule has 0 aliphatic heterocycles. The van der Waals surface area contributed by atoms with Gasteiger partial charge in [0.2, 0.25) is 0 Å². The van der Waals surface area contributed by atoms with Crippen LogP contribution < -0.4 is 5.32 Å². The van der Waals surface area contributed by atoms with E-state index in [-0.39, 0.29) is 5.75 Å². The Balaban J connectivity index is 1.68. The van der Waals surface area contributed by atoms with Crippen LogP contribution in [0.15, 0.2) is 36.7 Å². The number of phenols is 1. The Morgan fingerprint density at radius 3 is 2.94 bits per heavy atom. The molecule has 0 aliphatic carbocycles. The quantitative estimate of drug-likeness (QED) is 0.769. The third-order valence-corrected chi connectivity index (χ3v) is 2.57. The van der Waals surface area contributed by atoms with Crippen LogP contribution in [0.3, 0.4) is 0 Å². The third-order valence-electron chi connectivity index (χ3n) is 2.57. The summed E-state index contributed by atoms with van der Waals surface area (Å²) in [7, 11) is 0. The standard InChI is InChI=1S/C13H16FN3O/c14-12-7-11(8-13(18)9-12)10-15-3-1-5-17-6-2-4-16-17/h2,4,6-9,15,18H,1,3,5,10H2. The summed E-state index contributed by atoms with van der Waals surface area (Å²) in [6, 6.07) is 5.97. The van der Waals surface area contributed by atoms with Gasteiger partial charge in [0.25, 0.3) is 0 Å². The molecule has 4 nitrogen and oxygen atoms in total. The average molecular weight is 249 g/mol. The van der Waals surface area contributed by atoms with Crippen molar-refractivity contribution in [3.05, 3.63) is 48.0 Å². The fraction of sp³-hybridized carbons (Fsp3) is 0.308. The minimum absolute atomic E-state index is 0.0386. The summed E-state index contributed by atoms with van der Waals surface area (Å²) in [5.74, 6) is -0.452. The molecule has 0 radical (unpaired) electrons. The van der Waals surface area contributed by atoms with Crippen molar-refractivity contribution in [2.24, 2.45) is 0 Å². The molecule has 1 aromatic carbocycles. The molecule has 5 heteroatoms. The van der Waals surface area contributed by atoms with Gasteiger partial charge in [-0.1, -0.05) is 0 Å². The maximum Gasteiger partial charge on any atom is 0.127 e. The third kappa shape index (κ3) is 3.85. The van der Waals surface area contributed by atoms with Crippen molar-refractivity contribution in [3.8, 4) is 5.75 Å². The summed E-state index contributed by atoms with van der Waals surface area (Å²) in [6.45, 7) is 2.22. The lowest BCUT2D eigenvalue weighted by Gasteiger charge is -2.06. The number of nitrogens with zero attached hydrogens (tertiary/aromatic N) is 2. The van der Waals surface area contributed by atoms with Gasteiger partial charge in [0, 0.05) is 31.5 Å². The van der Waals surface area contributed by atoms with Gasteiger partial charge in [0.1, 0.15) is 11.6 Å². The van der Waals surface area contributed by atoms with Crippen LogP contribution in [0.2, 0.25) is 0 Å². The molecule has 0 fully saturated rings. The van der Waals surface area contributed by atoms with E-state index in [0.29, 0.717) is 6.54 Å². The molecule has 2 N–H and O–H groups in total. The van der Waals surface area contributed by atoms with E-state index in [2.05, 4.69) is 10.4 Å². The smallest absolute Gasteiger partial charge is 0.127 e. The molecule has 2 rings (SSSR count). The first-order chi connectivity index (χ1) is 8.74. The molecule has 96 valence electrons. The molecule has 1 heterocycles. The minimum atomic E-state index is -0.414. The average Bonchev–Trinajstić information content (AvgIpc) is 2.80. The number of nitrogens with one attached hydrogen (secondary N) is 1. The number of hydrogen-bond acceptors (Lipinski definition) is 3. The van der Waals surface area contributed by atoms with Crippen LogP contribution in [0, 0.1) is 5.82 Å². The van der Waals surface area contributed by atoms with Gasteiger partial charge >= 0.3 is 0 Å². The van der Waals surface area contributed by atoms with Gasteiger partial charge < -0.3 is 10.4 Å². The lowest BCUT2D eigenvalue weighted by molar-refractivity contribution is 0.467. The zero-order chi connectivity index (χ0) is 12.8. The number of benzene rings is 1. The highest BCUT2D eigenvalue weighted by molar-refractivity contribution is 5.28. The topological polar surface area (TPSA) is 50.1 Å². The van der Waals surface area contributed by atoms with Gasteiger partial charge in [-0.25, -0.2) is 4.39 Å². The number of aryl methyl sites for hydroxylation is 1. The summed E-state index contributed by atoms with van der Waals surface area (Å²) < 4.78 is 14.9. The number of phenolic OH excluding ortho intramolecular Hbond substituents is 1. The molecule has 0 unspecified atom stereocenters. The molecule has 18 heavy (non-hydrogen) atoms. The van der Waals surface area contributed by atoms with E-state index in [0.717, 1.165) is 31.1 Å². The number of hydrogen-bond donors (Lipinski definition) is 2. The predicted molar refractivity (Wildman–Crippen MR) is 66.6 cm³/mol. The van der Waals surface area contributed by atoms with Crippen molar-refractivity contribution in [3.63, 3.8) is 0 Å². The molecule has 0 aliphatic rings. The summed E-state index contributed by atoms with van der Waals surface area (Å²) in [5.41, 5.74) is 0.742. The molecule has 0 atom stereocenters. The molecular weight excluding hydrogens is 233 g/mol. The highest BCUT2D eigenvalue weighted by atomic mass is 19.1. The van der Waals surface area contributed by atoms with E-state index in [1.54, 1.807) is 12.3 Å². The van der Waals surface area contributed by atoms with Gasteiger partial charge in [-0.2, -0.15) is 5.10 Å². The van der Waals surface area contributed by atoms with Gasteiger partial charge in [-0.15, -0.1) is 0 Å². The van der Waals surface area contributed by atoms with E-state index in [4.69, 9.17) is 0 Å². The van der Waals surface area contributed by atoms with Crippen molar-refractivity contribution in [2.45, 2.75) is 19.5 Å². The fourth-order valence-electron chi connectivity index (χ4n) is 1.77. The second kappa shape index (κ2) is 6.16. The van der Waals surface area contributed by atoms with E-state index < -0.39 is 5.82 Å². The van der Waals surface area contributed by atoms with Crippen molar-refractivity contribution < 1.29 is 9.50 Å². The maximum absolute atomic E-state index is 13.0. The summed E-state index contributed by atoms with van der Waals surface area (Å²) in [5, 5.41) is 16.5. The van der Waals surface area contributed by atoms with Crippen LogP contribution >= 0.6 is 0 Å². The Labute approximate surface area is 105 Å². The second-order valence-electron chi connectivity index (χ2n) is 4.12. The highest BCUT2D eigenvalue weighted by Crippen LogP contribution is 2.14. The molecular formula is C13H16FN3O. The Morgan fingerprint density at radius 1 is 1.33 bits per heavy atom. The van der Waals surface area contributed by atoms with Crippen LogP contribution in [0.5, 0.6) is 5.75 Å². The zero-order valence-corrected chi connectivity index (χ0v) is 10.0. The Morgan fingerprint density at radius 2 is 2.22 bits per heavy atom. The fourth-order valence-corrected chi connectivity index (χ4v) is 1.77. The zero-order valence-electron chi connectivity index (χ0n) is 10.0. The van der Waals surface area contributed by atoms with E-state index in [1.165, 1.54) is 6.07 Å². The van der Waals surface area contributed by atoms with Crippen molar-refractivity contribution >= 4 is 0 Å². The molecule has 0 amide bonds. The van der Waals surface area contributed by atoms with Crippen molar-refractivity contribution in [1.29, 1.82) is 0 Å². The SMILES string of the molecule is Oc1cc(F)cc(CNCCCn2cccn2)c1. The first-order valence-electron chi connectivity index (χ1n) is 5.90. The van der Waals surface area contributed by atoms with Crippen LogP contribution in [0.1, 0.15) is 12.0 Å². The van der Waals surface area contributed by atoms with Crippen molar-refractivity contribution in [1.82, 2.24) is 15.1 Å². The monoisotopic (exact) mass is 249 g/mol. The van der Waals surface area contributed by atoms with E-state index in [1.807, 2.05) is 16.9 Å².